The van der Waals surface area contributed by atoms with Gasteiger partial charge in [0, 0.05) is 16.8 Å². The molecule has 2 amide bonds. The summed E-state index contributed by atoms with van der Waals surface area (Å²) < 4.78 is 5.19. The van der Waals surface area contributed by atoms with Gasteiger partial charge in [-0.1, -0.05) is 25.1 Å². The number of para-hydroxylation sites is 1. The molecule has 5 nitrogen and oxygen atoms in total. The maximum absolute atomic E-state index is 12.6. The number of benzene rings is 2. The number of aryl methyl sites for hydroxylation is 2. The summed E-state index contributed by atoms with van der Waals surface area (Å²) in [5.74, 6) is 0.274. The molecule has 3 rings (SSSR count). The lowest BCUT2D eigenvalue weighted by atomic mass is 10.0. The predicted octanol–water partition coefficient (Wildman–Crippen LogP) is 4.33. The molecule has 3 aromatic rings. The molecule has 138 valence electrons. The molecule has 0 fully saturated rings. The Bertz CT molecular complexity index is 929. The van der Waals surface area contributed by atoms with E-state index in [1.54, 1.807) is 42.7 Å². The number of carbonyl (C=O) groups is 2. The van der Waals surface area contributed by atoms with Gasteiger partial charge in [-0.15, -0.1) is 0 Å². The third kappa shape index (κ3) is 4.44. The first-order chi connectivity index (χ1) is 13.1. The van der Waals surface area contributed by atoms with Crippen LogP contribution in [0.5, 0.6) is 0 Å². The van der Waals surface area contributed by atoms with Gasteiger partial charge in [0.05, 0.1) is 12.8 Å². The molecule has 0 bridgehead atoms. The minimum Gasteiger partial charge on any atom is -0.467 e. The first-order valence-corrected chi connectivity index (χ1v) is 8.89. The van der Waals surface area contributed by atoms with E-state index in [4.69, 9.17) is 4.42 Å². The van der Waals surface area contributed by atoms with Gasteiger partial charge in [-0.2, -0.15) is 0 Å². The van der Waals surface area contributed by atoms with Gasteiger partial charge < -0.3 is 15.1 Å². The lowest BCUT2D eigenvalue weighted by Crippen LogP contribution is -2.22. The summed E-state index contributed by atoms with van der Waals surface area (Å²) in [7, 11) is 0. The molecular weight excluding hydrogens is 340 g/mol. The SMILES string of the molecule is CCc1cccc(C)c1NC(=O)c1ccc(C(=O)NCc2ccco2)cc1. The maximum Gasteiger partial charge on any atom is 0.255 e. The van der Waals surface area contributed by atoms with Crippen LogP contribution in [-0.2, 0) is 13.0 Å². The lowest BCUT2D eigenvalue weighted by molar-refractivity contribution is 0.0946. The molecule has 0 saturated carbocycles. The molecule has 1 heterocycles. The summed E-state index contributed by atoms with van der Waals surface area (Å²) in [4.78, 5) is 24.8. The van der Waals surface area contributed by atoms with E-state index in [0.29, 0.717) is 23.4 Å². The van der Waals surface area contributed by atoms with Gasteiger partial charge in [0.1, 0.15) is 5.76 Å². The van der Waals surface area contributed by atoms with E-state index in [0.717, 1.165) is 23.2 Å². The number of anilines is 1. The maximum atomic E-state index is 12.6. The van der Waals surface area contributed by atoms with E-state index in [-0.39, 0.29) is 11.8 Å². The van der Waals surface area contributed by atoms with Crippen molar-refractivity contribution >= 4 is 17.5 Å². The number of hydrogen-bond acceptors (Lipinski definition) is 3. The quantitative estimate of drug-likeness (QED) is 0.685. The zero-order valence-electron chi connectivity index (χ0n) is 15.4. The highest BCUT2D eigenvalue weighted by molar-refractivity contribution is 6.05. The van der Waals surface area contributed by atoms with Crippen LogP contribution in [0.4, 0.5) is 5.69 Å². The molecule has 0 aliphatic carbocycles. The van der Waals surface area contributed by atoms with Crippen molar-refractivity contribution in [3.05, 3.63) is 88.9 Å². The summed E-state index contributed by atoms with van der Waals surface area (Å²) in [5, 5.41) is 5.77. The van der Waals surface area contributed by atoms with Crippen LogP contribution in [-0.4, -0.2) is 11.8 Å². The fraction of sp³-hybridized carbons (Fsp3) is 0.182. The van der Waals surface area contributed by atoms with Crippen molar-refractivity contribution in [2.24, 2.45) is 0 Å². The third-order valence-corrected chi connectivity index (χ3v) is 4.39. The monoisotopic (exact) mass is 362 g/mol. The Balaban J connectivity index is 1.66. The van der Waals surface area contributed by atoms with E-state index in [2.05, 4.69) is 17.6 Å². The number of furan rings is 1. The van der Waals surface area contributed by atoms with Gasteiger partial charge in [-0.25, -0.2) is 0 Å². The largest absolute Gasteiger partial charge is 0.467 e. The van der Waals surface area contributed by atoms with Crippen molar-refractivity contribution in [3.8, 4) is 0 Å². The van der Waals surface area contributed by atoms with Gasteiger partial charge in [0.15, 0.2) is 0 Å². The van der Waals surface area contributed by atoms with Gasteiger partial charge >= 0.3 is 0 Å². The molecule has 1 aromatic heterocycles. The molecule has 0 saturated heterocycles. The van der Waals surface area contributed by atoms with Crippen LogP contribution in [0.25, 0.3) is 0 Å². The van der Waals surface area contributed by atoms with Crippen molar-refractivity contribution in [1.29, 1.82) is 0 Å². The summed E-state index contributed by atoms with van der Waals surface area (Å²) in [6.07, 6.45) is 2.40. The van der Waals surface area contributed by atoms with Crippen LogP contribution in [0.1, 0.15) is 44.5 Å². The highest BCUT2D eigenvalue weighted by Gasteiger charge is 2.12. The molecule has 0 aliphatic heterocycles. The average Bonchev–Trinajstić information content (AvgIpc) is 3.21. The zero-order valence-corrected chi connectivity index (χ0v) is 15.4. The minimum absolute atomic E-state index is 0.193. The summed E-state index contributed by atoms with van der Waals surface area (Å²) in [6.45, 7) is 4.35. The van der Waals surface area contributed by atoms with E-state index in [1.165, 1.54) is 0 Å². The van der Waals surface area contributed by atoms with E-state index >= 15 is 0 Å². The predicted molar refractivity (Wildman–Crippen MR) is 105 cm³/mol. The second-order valence-electron chi connectivity index (χ2n) is 6.26. The van der Waals surface area contributed by atoms with Crippen molar-refractivity contribution in [3.63, 3.8) is 0 Å². The Labute approximate surface area is 158 Å². The van der Waals surface area contributed by atoms with E-state index in [9.17, 15) is 9.59 Å². The van der Waals surface area contributed by atoms with Crippen LogP contribution in [0.2, 0.25) is 0 Å². The fourth-order valence-electron chi connectivity index (χ4n) is 2.84. The van der Waals surface area contributed by atoms with Crippen molar-refractivity contribution in [2.45, 2.75) is 26.8 Å². The average molecular weight is 362 g/mol. The van der Waals surface area contributed by atoms with Crippen LogP contribution in [0, 0.1) is 6.92 Å². The second kappa shape index (κ2) is 8.36. The lowest BCUT2D eigenvalue weighted by Gasteiger charge is -2.13. The molecule has 5 heteroatoms. The van der Waals surface area contributed by atoms with Crippen LogP contribution in [0.15, 0.2) is 65.3 Å². The topological polar surface area (TPSA) is 71.3 Å². The summed E-state index contributed by atoms with van der Waals surface area (Å²) in [6, 6.07) is 16.1. The Morgan fingerprint density at radius 3 is 2.26 bits per heavy atom. The highest BCUT2D eigenvalue weighted by Crippen LogP contribution is 2.22. The van der Waals surface area contributed by atoms with Gasteiger partial charge in [0.25, 0.3) is 11.8 Å². The Morgan fingerprint density at radius 2 is 1.63 bits per heavy atom. The smallest absolute Gasteiger partial charge is 0.255 e. The van der Waals surface area contributed by atoms with Crippen molar-refractivity contribution < 1.29 is 14.0 Å². The third-order valence-electron chi connectivity index (χ3n) is 4.39. The normalized spacial score (nSPS) is 10.4. The Hall–Kier alpha value is -3.34. The Morgan fingerprint density at radius 1 is 0.926 bits per heavy atom. The number of nitrogens with one attached hydrogen (secondary N) is 2. The van der Waals surface area contributed by atoms with Crippen molar-refractivity contribution in [1.82, 2.24) is 5.32 Å². The molecule has 0 radical (unpaired) electrons. The molecular formula is C22H22N2O3. The van der Waals surface area contributed by atoms with Gasteiger partial charge in [0.2, 0.25) is 0 Å². The van der Waals surface area contributed by atoms with Gasteiger partial charge in [-0.3, -0.25) is 9.59 Å². The standard InChI is InChI=1S/C22H22N2O3/c1-3-16-7-4-6-15(2)20(16)24-22(26)18-11-9-17(10-12-18)21(25)23-14-19-8-5-13-27-19/h4-13H,3,14H2,1-2H3,(H,23,25)(H,24,26). The summed E-state index contributed by atoms with van der Waals surface area (Å²) in [5.41, 5.74) is 3.96. The zero-order chi connectivity index (χ0) is 19.2. The molecule has 0 spiro atoms. The minimum atomic E-state index is -0.217. The van der Waals surface area contributed by atoms with Crippen LogP contribution >= 0.6 is 0 Å². The van der Waals surface area contributed by atoms with Crippen LogP contribution < -0.4 is 10.6 Å². The number of rotatable bonds is 6. The van der Waals surface area contributed by atoms with Crippen molar-refractivity contribution in [2.75, 3.05) is 5.32 Å². The summed E-state index contributed by atoms with van der Waals surface area (Å²) >= 11 is 0. The number of amides is 2. The van der Waals surface area contributed by atoms with Crippen LogP contribution in [0.3, 0.4) is 0 Å². The number of carbonyl (C=O) groups excluding carboxylic acids is 2. The Kier molecular flexibility index (Phi) is 5.71. The molecule has 2 N–H and O–H groups in total. The second-order valence-corrected chi connectivity index (χ2v) is 6.26. The first-order valence-electron chi connectivity index (χ1n) is 8.89. The molecule has 2 aromatic carbocycles. The van der Waals surface area contributed by atoms with E-state index in [1.807, 2.05) is 25.1 Å². The van der Waals surface area contributed by atoms with Gasteiger partial charge in [-0.05, 0) is 60.9 Å². The molecule has 0 aliphatic rings. The first kappa shape index (κ1) is 18.5. The fourth-order valence-corrected chi connectivity index (χ4v) is 2.84. The molecule has 0 atom stereocenters. The molecule has 0 unspecified atom stereocenters. The molecule has 27 heavy (non-hydrogen) atoms. The number of hydrogen-bond donors (Lipinski definition) is 2. The van der Waals surface area contributed by atoms with E-state index < -0.39 is 0 Å². The highest BCUT2D eigenvalue weighted by atomic mass is 16.3.